The molecule has 1 heterocycles. The number of nitrogens with one attached hydrogen (secondary N) is 1. The molecule has 0 saturated heterocycles. The Kier molecular flexibility index (Phi) is 2.96. The van der Waals surface area contributed by atoms with Crippen molar-refractivity contribution < 1.29 is 0 Å². The van der Waals surface area contributed by atoms with Gasteiger partial charge in [-0.05, 0) is 19.9 Å². The lowest BCUT2D eigenvalue weighted by molar-refractivity contribution is 0.694. The fourth-order valence-corrected chi connectivity index (χ4v) is 2.85. The number of hydrogen-bond donors (Lipinski definition) is 1. The van der Waals surface area contributed by atoms with Gasteiger partial charge < -0.3 is 5.32 Å². The average Bonchev–Trinajstić information content (AvgIpc) is 2.70. The number of nitrogens with zero attached hydrogens (tertiary/aromatic N) is 1. The molecule has 1 aliphatic carbocycles. The van der Waals surface area contributed by atoms with Gasteiger partial charge in [0.05, 0.1) is 5.69 Å². The highest BCUT2D eigenvalue weighted by atomic mass is 32.1. The lowest BCUT2D eigenvalue weighted by Crippen LogP contribution is -2.04. The fourth-order valence-electron chi connectivity index (χ4n) is 1.97. The van der Waals surface area contributed by atoms with Gasteiger partial charge in [0.1, 0.15) is 5.01 Å². The Labute approximate surface area is 83.4 Å². The number of thiazole rings is 1. The van der Waals surface area contributed by atoms with Crippen LogP contribution in [0.4, 0.5) is 0 Å². The third-order valence-electron chi connectivity index (χ3n) is 2.67. The second kappa shape index (κ2) is 4.20. The van der Waals surface area contributed by atoms with Crippen LogP contribution in [0.1, 0.15) is 42.3 Å². The molecule has 1 saturated carbocycles. The first kappa shape index (κ1) is 9.16. The zero-order valence-electron chi connectivity index (χ0n) is 8.05. The fraction of sp³-hybridized carbons (Fsp3) is 0.700. The van der Waals surface area contributed by atoms with Crippen LogP contribution in [0.2, 0.25) is 0 Å². The molecule has 0 unspecified atom stereocenters. The predicted molar refractivity (Wildman–Crippen MR) is 56.1 cm³/mol. The van der Waals surface area contributed by atoms with Gasteiger partial charge in [0.2, 0.25) is 0 Å². The van der Waals surface area contributed by atoms with Crippen molar-refractivity contribution in [3.05, 3.63) is 16.1 Å². The van der Waals surface area contributed by atoms with E-state index in [1.54, 1.807) is 11.3 Å². The van der Waals surface area contributed by atoms with Gasteiger partial charge in [-0.3, -0.25) is 0 Å². The Morgan fingerprint density at radius 1 is 1.54 bits per heavy atom. The van der Waals surface area contributed by atoms with E-state index in [4.69, 9.17) is 0 Å². The summed E-state index contributed by atoms with van der Waals surface area (Å²) in [6.45, 7) is 0.914. The van der Waals surface area contributed by atoms with Crippen molar-refractivity contribution in [3.8, 4) is 0 Å². The molecule has 1 fully saturated rings. The Hall–Kier alpha value is -0.410. The molecule has 1 aromatic heterocycles. The van der Waals surface area contributed by atoms with Crippen LogP contribution in [0.15, 0.2) is 5.38 Å². The molecule has 72 valence electrons. The summed E-state index contributed by atoms with van der Waals surface area (Å²) in [5, 5.41) is 6.60. The molecular weight excluding hydrogens is 180 g/mol. The van der Waals surface area contributed by atoms with E-state index in [2.05, 4.69) is 15.7 Å². The molecule has 0 aliphatic heterocycles. The first-order chi connectivity index (χ1) is 6.40. The van der Waals surface area contributed by atoms with Gasteiger partial charge in [-0.1, -0.05) is 12.8 Å². The first-order valence-electron chi connectivity index (χ1n) is 4.99. The van der Waals surface area contributed by atoms with E-state index in [1.807, 2.05) is 7.05 Å². The van der Waals surface area contributed by atoms with Crippen molar-refractivity contribution in [1.29, 1.82) is 0 Å². The largest absolute Gasteiger partial charge is 0.314 e. The van der Waals surface area contributed by atoms with E-state index in [0.717, 1.165) is 12.5 Å². The maximum Gasteiger partial charge on any atom is 0.107 e. The summed E-state index contributed by atoms with van der Waals surface area (Å²) < 4.78 is 0. The van der Waals surface area contributed by atoms with Crippen molar-refractivity contribution >= 4 is 11.3 Å². The summed E-state index contributed by atoms with van der Waals surface area (Å²) in [5.74, 6) is 0.766. The van der Waals surface area contributed by atoms with Gasteiger partial charge >= 0.3 is 0 Å². The number of rotatable bonds is 3. The summed E-state index contributed by atoms with van der Waals surface area (Å²) in [4.78, 5) is 4.64. The monoisotopic (exact) mass is 196 g/mol. The van der Waals surface area contributed by atoms with Crippen LogP contribution < -0.4 is 5.32 Å². The van der Waals surface area contributed by atoms with Crippen LogP contribution >= 0.6 is 11.3 Å². The second-order valence-electron chi connectivity index (χ2n) is 3.68. The Morgan fingerprint density at radius 2 is 2.31 bits per heavy atom. The highest BCUT2D eigenvalue weighted by molar-refractivity contribution is 7.09. The summed E-state index contributed by atoms with van der Waals surface area (Å²) in [5.41, 5.74) is 1.34. The molecule has 13 heavy (non-hydrogen) atoms. The van der Waals surface area contributed by atoms with Crippen LogP contribution in [0.5, 0.6) is 0 Å². The summed E-state index contributed by atoms with van der Waals surface area (Å²) in [7, 11) is 1.97. The van der Waals surface area contributed by atoms with Crippen LogP contribution in [0.3, 0.4) is 0 Å². The minimum absolute atomic E-state index is 0.766. The molecule has 0 bridgehead atoms. The molecule has 0 radical (unpaired) electrons. The standard InChI is InChI=1S/C10H16N2S/c1-11-6-10-12-9(7-13-10)8-4-2-3-5-8/h7-8,11H,2-6H2,1H3. The summed E-state index contributed by atoms with van der Waals surface area (Å²) in [6.07, 6.45) is 5.48. The van der Waals surface area contributed by atoms with Crippen molar-refractivity contribution in [1.82, 2.24) is 10.3 Å². The normalized spacial score (nSPS) is 18.2. The molecule has 1 N–H and O–H groups in total. The third kappa shape index (κ3) is 2.09. The van der Waals surface area contributed by atoms with E-state index in [-0.39, 0.29) is 0 Å². The van der Waals surface area contributed by atoms with E-state index in [9.17, 15) is 0 Å². The molecule has 0 atom stereocenters. The maximum atomic E-state index is 4.64. The Bertz CT molecular complexity index is 264. The maximum absolute atomic E-state index is 4.64. The van der Waals surface area contributed by atoms with Gasteiger partial charge in [0.25, 0.3) is 0 Å². The molecule has 1 aliphatic rings. The van der Waals surface area contributed by atoms with Gasteiger partial charge in [0.15, 0.2) is 0 Å². The van der Waals surface area contributed by atoms with Gasteiger partial charge in [-0.2, -0.15) is 0 Å². The second-order valence-corrected chi connectivity index (χ2v) is 4.62. The molecule has 0 aromatic carbocycles. The molecular formula is C10H16N2S. The third-order valence-corrected chi connectivity index (χ3v) is 3.54. The van der Waals surface area contributed by atoms with Gasteiger partial charge in [-0.25, -0.2) is 4.98 Å². The van der Waals surface area contributed by atoms with Gasteiger partial charge in [-0.15, -0.1) is 11.3 Å². The van der Waals surface area contributed by atoms with E-state index < -0.39 is 0 Å². The molecule has 0 amide bonds. The van der Waals surface area contributed by atoms with Crippen molar-refractivity contribution in [2.45, 2.75) is 38.1 Å². The van der Waals surface area contributed by atoms with Crippen LogP contribution in [-0.2, 0) is 6.54 Å². The van der Waals surface area contributed by atoms with Gasteiger partial charge in [0, 0.05) is 17.8 Å². The predicted octanol–water partition coefficient (Wildman–Crippen LogP) is 2.52. The summed E-state index contributed by atoms with van der Waals surface area (Å²) >= 11 is 1.79. The van der Waals surface area contributed by atoms with Crippen LogP contribution in [0, 0.1) is 0 Å². The molecule has 2 nitrogen and oxygen atoms in total. The molecule has 3 heteroatoms. The SMILES string of the molecule is CNCc1nc(C2CCCC2)cs1. The summed E-state index contributed by atoms with van der Waals surface area (Å²) in [6, 6.07) is 0. The molecule has 0 spiro atoms. The Morgan fingerprint density at radius 3 is 3.00 bits per heavy atom. The van der Waals surface area contributed by atoms with Crippen molar-refractivity contribution in [3.63, 3.8) is 0 Å². The number of aromatic nitrogens is 1. The van der Waals surface area contributed by atoms with E-state index in [1.165, 1.54) is 36.4 Å². The van der Waals surface area contributed by atoms with E-state index >= 15 is 0 Å². The smallest absolute Gasteiger partial charge is 0.107 e. The lowest BCUT2D eigenvalue weighted by Gasteiger charge is -2.02. The number of hydrogen-bond acceptors (Lipinski definition) is 3. The average molecular weight is 196 g/mol. The van der Waals surface area contributed by atoms with Crippen molar-refractivity contribution in [2.24, 2.45) is 0 Å². The van der Waals surface area contributed by atoms with E-state index in [0.29, 0.717) is 0 Å². The minimum Gasteiger partial charge on any atom is -0.314 e. The minimum atomic E-state index is 0.766. The highest BCUT2D eigenvalue weighted by Gasteiger charge is 2.19. The molecule has 2 rings (SSSR count). The first-order valence-corrected chi connectivity index (χ1v) is 5.87. The van der Waals surface area contributed by atoms with Crippen LogP contribution in [-0.4, -0.2) is 12.0 Å². The zero-order valence-corrected chi connectivity index (χ0v) is 8.86. The van der Waals surface area contributed by atoms with Crippen LogP contribution in [0.25, 0.3) is 0 Å². The lowest BCUT2D eigenvalue weighted by atomic mass is 10.1. The topological polar surface area (TPSA) is 24.9 Å². The zero-order chi connectivity index (χ0) is 9.10. The van der Waals surface area contributed by atoms with Crippen molar-refractivity contribution in [2.75, 3.05) is 7.05 Å². The Balaban J connectivity index is 2.03. The quantitative estimate of drug-likeness (QED) is 0.803. The highest BCUT2D eigenvalue weighted by Crippen LogP contribution is 2.34. The molecule has 1 aromatic rings.